The highest BCUT2D eigenvalue weighted by Crippen LogP contribution is 2.33. The van der Waals surface area contributed by atoms with Crippen LogP contribution in [0.15, 0.2) is 24.5 Å². The van der Waals surface area contributed by atoms with Crippen LogP contribution in [0.4, 0.5) is 0 Å². The molecule has 0 unspecified atom stereocenters. The molecule has 1 aromatic rings. The number of nitrogens with zero attached hydrogens (tertiary/aromatic N) is 2. The molecular weight excluding hydrogens is 268 g/mol. The maximum Gasteiger partial charge on any atom is 0.0935 e. The Morgan fingerprint density at radius 1 is 1.14 bits per heavy atom. The van der Waals surface area contributed by atoms with Gasteiger partial charge in [-0.2, -0.15) is 0 Å². The third-order valence-corrected chi connectivity index (χ3v) is 4.82. The van der Waals surface area contributed by atoms with Crippen molar-refractivity contribution >= 4 is 0 Å². The van der Waals surface area contributed by atoms with E-state index in [4.69, 9.17) is 4.74 Å². The molecule has 0 radical (unpaired) electrons. The van der Waals surface area contributed by atoms with Crippen LogP contribution in [0.5, 0.6) is 0 Å². The van der Waals surface area contributed by atoms with Crippen LogP contribution in [0.3, 0.4) is 0 Å². The average molecular weight is 292 g/mol. The van der Waals surface area contributed by atoms with E-state index in [0.29, 0.717) is 45.4 Å². The summed E-state index contributed by atoms with van der Waals surface area (Å²) in [6, 6.07) is 3.80. The topological polar surface area (TPSA) is 65.8 Å². The Hall–Kier alpha value is -1.01. The van der Waals surface area contributed by atoms with Crippen molar-refractivity contribution in [1.29, 1.82) is 0 Å². The minimum atomic E-state index is -0.775. The molecule has 21 heavy (non-hydrogen) atoms. The number of aromatic nitrogens is 1. The zero-order chi connectivity index (χ0) is 14.8. The maximum absolute atomic E-state index is 10.8. The first-order valence-electron chi connectivity index (χ1n) is 7.75. The number of likely N-dealkylation sites (tertiary alicyclic amines) is 1. The number of piperidine rings is 1. The lowest BCUT2D eigenvalue weighted by Gasteiger charge is -2.42. The highest BCUT2D eigenvalue weighted by Gasteiger charge is 2.38. The molecule has 0 amide bonds. The van der Waals surface area contributed by atoms with Gasteiger partial charge in [0.15, 0.2) is 0 Å². The van der Waals surface area contributed by atoms with Crippen molar-refractivity contribution in [2.45, 2.75) is 36.9 Å². The molecule has 5 nitrogen and oxygen atoms in total. The molecule has 2 fully saturated rings. The fourth-order valence-electron chi connectivity index (χ4n) is 3.33. The molecule has 2 aliphatic rings. The van der Waals surface area contributed by atoms with Crippen LogP contribution in [0.25, 0.3) is 0 Å². The van der Waals surface area contributed by atoms with Crippen molar-refractivity contribution in [3.63, 3.8) is 0 Å². The fourth-order valence-corrected chi connectivity index (χ4v) is 3.33. The Morgan fingerprint density at radius 3 is 2.48 bits per heavy atom. The zero-order valence-corrected chi connectivity index (χ0v) is 12.4. The van der Waals surface area contributed by atoms with Gasteiger partial charge in [-0.3, -0.25) is 4.98 Å². The van der Waals surface area contributed by atoms with Gasteiger partial charge in [-0.1, -0.05) is 6.07 Å². The molecule has 0 saturated carbocycles. The van der Waals surface area contributed by atoms with Gasteiger partial charge in [0.1, 0.15) is 0 Å². The summed E-state index contributed by atoms with van der Waals surface area (Å²) in [5.41, 5.74) is -0.500. The van der Waals surface area contributed by atoms with Crippen LogP contribution < -0.4 is 0 Å². The van der Waals surface area contributed by atoms with Crippen molar-refractivity contribution in [3.8, 4) is 0 Å². The molecule has 3 heterocycles. The molecule has 0 spiro atoms. The number of β-amino-alcohol motifs (C(OH)–C–C–N with tert-alkyl or cyclic N) is 1. The van der Waals surface area contributed by atoms with Gasteiger partial charge in [0, 0.05) is 63.6 Å². The van der Waals surface area contributed by atoms with Gasteiger partial charge in [0.2, 0.25) is 0 Å². The third-order valence-electron chi connectivity index (χ3n) is 4.82. The molecule has 0 bridgehead atoms. The summed E-state index contributed by atoms with van der Waals surface area (Å²) in [5, 5.41) is 21.4. The second-order valence-corrected chi connectivity index (χ2v) is 6.39. The number of rotatable bonds is 3. The van der Waals surface area contributed by atoms with E-state index in [-0.39, 0.29) is 0 Å². The molecule has 0 aliphatic carbocycles. The number of pyridine rings is 1. The summed E-state index contributed by atoms with van der Waals surface area (Å²) < 4.78 is 5.32. The second kappa shape index (κ2) is 6.01. The van der Waals surface area contributed by atoms with Crippen molar-refractivity contribution < 1.29 is 14.9 Å². The lowest BCUT2D eigenvalue weighted by Crippen LogP contribution is -2.51. The monoisotopic (exact) mass is 292 g/mol. The summed E-state index contributed by atoms with van der Waals surface area (Å²) in [6.45, 7) is 3.57. The van der Waals surface area contributed by atoms with Crippen LogP contribution in [-0.4, -0.2) is 58.5 Å². The Kier molecular flexibility index (Phi) is 4.26. The third kappa shape index (κ3) is 3.43. The largest absolute Gasteiger partial charge is 0.388 e. The summed E-state index contributed by atoms with van der Waals surface area (Å²) >= 11 is 0. The van der Waals surface area contributed by atoms with Crippen LogP contribution in [0.2, 0.25) is 0 Å². The van der Waals surface area contributed by atoms with E-state index in [1.807, 2.05) is 12.1 Å². The number of aliphatic hydroxyl groups is 2. The first kappa shape index (κ1) is 14.9. The standard InChI is InChI=1S/C16H24N2O3/c19-15(5-10-21-11-6-15)13-18-8-3-16(20,4-9-18)14-2-1-7-17-12-14/h1-2,7,12,19-20H,3-6,8-11,13H2. The predicted molar refractivity (Wildman–Crippen MR) is 78.8 cm³/mol. The smallest absolute Gasteiger partial charge is 0.0935 e. The van der Waals surface area contributed by atoms with Gasteiger partial charge in [-0.25, -0.2) is 0 Å². The van der Waals surface area contributed by atoms with Crippen LogP contribution >= 0.6 is 0 Å². The molecule has 1 aromatic heterocycles. The van der Waals surface area contributed by atoms with E-state index in [2.05, 4.69) is 9.88 Å². The molecule has 116 valence electrons. The van der Waals surface area contributed by atoms with Crippen molar-refractivity contribution in [1.82, 2.24) is 9.88 Å². The summed E-state index contributed by atoms with van der Waals surface area (Å²) in [5.74, 6) is 0. The van der Waals surface area contributed by atoms with Gasteiger partial charge in [0.25, 0.3) is 0 Å². The predicted octanol–water partition coefficient (Wildman–Crippen LogP) is 0.906. The number of ether oxygens (including phenoxy) is 1. The van der Waals surface area contributed by atoms with Gasteiger partial charge in [0.05, 0.1) is 11.2 Å². The zero-order valence-electron chi connectivity index (χ0n) is 12.4. The fraction of sp³-hybridized carbons (Fsp3) is 0.688. The molecular formula is C16H24N2O3. The van der Waals surface area contributed by atoms with Crippen molar-refractivity contribution in [2.75, 3.05) is 32.8 Å². The SMILES string of the molecule is OC1(CN2CCC(O)(c3cccnc3)CC2)CCOCC1. The first-order valence-corrected chi connectivity index (χ1v) is 7.75. The van der Waals surface area contributed by atoms with Gasteiger partial charge in [-0.15, -0.1) is 0 Å². The molecule has 3 rings (SSSR count). The molecule has 5 heteroatoms. The average Bonchev–Trinajstić information content (AvgIpc) is 2.51. The normalized spacial score (nSPS) is 25.6. The highest BCUT2D eigenvalue weighted by atomic mass is 16.5. The Balaban J connectivity index is 1.58. The minimum absolute atomic E-state index is 0.623. The summed E-state index contributed by atoms with van der Waals surface area (Å²) in [7, 11) is 0. The summed E-state index contributed by atoms with van der Waals surface area (Å²) in [4.78, 5) is 6.36. The lowest BCUT2D eigenvalue weighted by atomic mass is 9.84. The first-order chi connectivity index (χ1) is 10.1. The Bertz CT molecular complexity index is 452. The highest BCUT2D eigenvalue weighted by molar-refractivity contribution is 5.19. The van der Waals surface area contributed by atoms with E-state index in [1.165, 1.54) is 0 Å². The molecule has 0 atom stereocenters. The maximum atomic E-state index is 10.8. The van der Waals surface area contributed by atoms with Gasteiger partial charge >= 0.3 is 0 Å². The molecule has 0 aromatic carbocycles. The van der Waals surface area contributed by atoms with Crippen LogP contribution in [0, 0.1) is 0 Å². The van der Waals surface area contributed by atoms with E-state index in [0.717, 1.165) is 18.7 Å². The summed E-state index contributed by atoms with van der Waals surface area (Å²) in [6.07, 6.45) is 6.26. The lowest BCUT2D eigenvalue weighted by molar-refractivity contribution is -0.0954. The van der Waals surface area contributed by atoms with Gasteiger partial charge < -0.3 is 19.8 Å². The molecule has 2 N–H and O–H groups in total. The van der Waals surface area contributed by atoms with Gasteiger partial charge in [-0.05, 0) is 18.9 Å². The van der Waals surface area contributed by atoms with Crippen molar-refractivity contribution in [3.05, 3.63) is 30.1 Å². The van der Waals surface area contributed by atoms with Crippen molar-refractivity contribution in [2.24, 2.45) is 0 Å². The number of hydrogen-bond donors (Lipinski definition) is 2. The number of hydrogen-bond acceptors (Lipinski definition) is 5. The van der Waals surface area contributed by atoms with E-state index in [9.17, 15) is 10.2 Å². The molecule has 2 aliphatic heterocycles. The Morgan fingerprint density at radius 2 is 1.86 bits per heavy atom. The molecule has 2 saturated heterocycles. The minimum Gasteiger partial charge on any atom is -0.388 e. The van der Waals surface area contributed by atoms with Crippen LogP contribution in [0.1, 0.15) is 31.2 Å². The van der Waals surface area contributed by atoms with E-state index < -0.39 is 11.2 Å². The van der Waals surface area contributed by atoms with E-state index >= 15 is 0 Å². The Labute approximate surface area is 125 Å². The second-order valence-electron chi connectivity index (χ2n) is 6.39. The quantitative estimate of drug-likeness (QED) is 0.867. The van der Waals surface area contributed by atoms with E-state index in [1.54, 1.807) is 12.4 Å². The van der Waals surface area contributed by atoms with Crippen LogP contribution in [-0.2, 0) is 10.3 Å².